The maximum Gasteiger partial charge on any atom is 0.257 e. The molecule has 1 saturated heterocycles. The largest absolute Gasteiger partial charge is 0.334 e. The first-order chi connectivity index (χ1) is 13.5. The third-order valence-corrected chi connectivity index (χ3v) is 7.14. The molecule has 0 saturated carbocycles. The highest BCUT2D eigenvalue weighted by molar-refractivity contribution is 7.98. The van der Waals surface area contributed by atoms with Gasteiger partial charge >= 0.3 is 0 Å². The van der Waals surface area contributed by atoms with E-state index in [9.17, 15) is 12.8 Å². The summed E-state index contributed by atoms with van der Waals surface area (Å²) >= 11 is 1.37. The number of hydrogen-bond acceptors (Lipinski definition) is 7. The van der Waals surface area contributed by atoms with Crippen LogP contribution in [0.15, 0.2) is 57.0 Å². The van der Waals surface area contributed by atoms with Crippen molar-refractivity contribution >= 4 is 21.8 Å². The summed E-state index contributed by atoms with van der Waals surface area (Å²) in [4.78, 5) is 8.72. The number of aromatic nitrogens is 3. The summed E-state index contributed by atoms with van der Waals surface area (Å²) < 4.78 is 44.7. The highest BCUT2D eigenvalue weighted by Gasteiger charge is 2.27. The molecule has 7 nitrogen and oxygen atoms in total. The van der Waals surface area contributed by atoms with Crippen molar-refractivity contribution in [2.75, 3.05) is 13.1 Å². The van der Waals surface area contributed by atoms with E-state index in [1.165, 1.54) is 34.4 Å². The average Bonchev–Trinajstić information content (AvgIpc) is 3.40. The molecule has 1 fully saturated rings. The number of pyridine rings is 1. The van der Waals surface area contributed by atoms with Gasteiger partial charge in [0, 0.05) is 24.8 Å². The van der Waals surface area contributed by atoms with Crippen LogP contribution in [0, 0.1) is 5.82 Å². The van der Waals surface area contributed by atoms with E-state index in [0.29, 0.717) is 41.1 Å². The zero-order chi connectivity index (χ0) is 19.6. The fraction of sp³-hybridized carbons (Fsp3) is 0.278. The Balaban J connectivity index is 1.40. The van der Waals surface area contributed by atoms with Crippen LogP contribution in [0.1, 0.15) is 18.7 Å². The van der Waals surface area contributed by atoms with E-state index in [1.54, 1.807) is 24.3 Å². The van der Waals surface area contributed by atoms with Gasteiger partial charge in [0.25, 0.3) is 5.89 Å². The summed E-state index contributed by atoms with van der Waals surface area (Å²) in [6.45, 7) is 1.13. The molecular weight excluding hydrogens is 403 g/mol. The Labute approximate surface area is 166 Å². The minimum atomic E-state index is -3.46. The predicted octanol–water partition coefficient (Wildman–Crippen LogP) is 3.35. The third-order valence-electron chi connectivity index (χ3n) is 4.32. The van der Waals surface area contributed by atoms with E-state index in [1.807, 2.05) is 0 Å². The molecule has 1 aromatic carbocycles. The van der Waals surface area contributed by atoms with Crippen molar-refractivity contribution in [2.45, 2.75) is 28.5 Å². The molecule has 146 valence electrons. The molecule has 1 aliphatic heterocycles. The molecular formula is C18H17FN4O3S2. The first kappa shape index (κ1) is 19.0. The van der Waals surface area contributed by atoms with E-state index in [2.05, 4.69) is 15.1 Å². The van der Waals surface area contributed by atoms with Crippen LogP contribution >= 0.6 is 11.8 Å². The minimum absolute atomic E-state index is 0.205. The lowest BCUT2D eigenvalue weighted by Crippen LogP contribution is -2.27. The summed E-state index contributed by atoms with van der Waals surface area (Å²) in [5, 5.41) is 4.57. The Kier molecular flexibility index (Phi) is 5.42. The number of rotatable bonds is 6. The molecule has 0 N–H and O–H groups in total. The molecule has 0 aliphatic carbocycles. The Morgan fingerprint density at radius 3 is 2.54 bits per heavy atom. The number of halogens is 1. The van der Waals surface area contributed by atoms with E-state index in [4.69, 9.17) is 4.52 Å². The monoisotopic (exact) mass is 420 g/mol. The van der Waals surface area contributed by atoms with E-state index < -0.39 is 10.0 Å². The number of benzene rings is 1. The Morgan fingerprint density at radius 1 is 1.11 bits per heavy atom. The number of thioether (sulfide) groups is 1. The molecule has 4 rings (SSSR count). The summed E-state index contributed by atoms with van der Waals surface area (Å²) in [5.74, 6) is 0.867. The number of hydrogen-bond donors (Lipinski definition) is 0. The third kappa shape index (κ3) is 4.08. The smallest absolute Gasteiger partial charge is 0.257 e. The van der Waals surface area contributed by atoms with Gasteiger partial charge < -0.3 is 4.52 Å². The van der Waals surface area contributed by atoms with Crippen molar-refractivity contribution in [3.05, 3.63) is 54.2 Å². The average molecular weight is 420 g/mol. The van der Waals surface area contributed by atoms with E-state index in [-0.39, 0.29) is 10.7 Å². The van der Waals surface area contributed by atoms with Gasteiger partial charge in [-0.2, -0.15) is 9.29 Å². The van der Waals surface area contributed by atoms with Gasteiger partial charge in [0.1, 0.15) is 10.7 Å². The molecule has 1 aliphatic rings. The molecule has 28 heavy (non-hydrogen) atoms. The van der Waals surface area contributed by atoms with Gasteiger partial charge in [-0.15, -0.1) is 0 Å². The van der Waals surface area contributed by atoms with Gasteiger partial charge in [-0.25, -0.2) is 17.8 Å². The summed E-state index contributed by atoms with van der Waals surface area (Å²) in [6.07, 6.45) is 3.17. The normalized spacial score (nSPS) is 15.2. The highest BCUT2D eigenvalue weighted by Crippen LogP contribution is 2.25. The quantitative estimate of drug-likeness (QED) is 0.565. The summed E-state index contributed by atoms with van der Waals surface area (Å²) in [6, 6.07) is 9.05. The van der Waals surface area contributed by atoms with Crippen LogP contribution in [0.2, 0.25) is 0 Å². The fourth-order valence-corrected chi connectivity index (χ4v) is 4.99. The lowest BCUT2D eigenvalue weighted by molar-refractivity contribution is 0.425. The fourth-order valence-electron chi connectivity index (χ4n) is 2.84. The standard InChI is InChI=1S/C18H17FN4O3S2/c19-14-5-3-13(4-6-14)18-21-16(22-26-18)12-27-17-8-7-15(11-20-17)28(24,25)23-9-1-2-10-23/h3-8,11H,1-2,9-10,12H2. The summed E-state index contributed by atoms with van der Waals surface area (Å²) in [7, 11) is -3.46. The second-order valence-corrected chi connectivity index (χ2v) is 9.19. The first-order valence-electron chi connectivity index (χ1n) is 8.70. The van der Waals surface area contributed by atoms with Crippen molar-refractivity contribution in [3.8, 4) is 11.5 Å². The number of nitrogens with zero attached hydrogens (tertiary/aromatic N) is 4. The zero-order valence-corrected chi connectivity index (χ0v) is 16.4. The molecule has 10 heteroatoms. The molecule has 0 spiro atoms. The molecule has 0 atom stereocenters. The van der Waals surface area contributed by atoms with Gasteiger partial charge in [0.2, 0.25) is 10.0 Å². The number of sulfonamides is 1. The van der Waals surface area contributed by atoms with Crippen molar-refractivity contribution in [1.29, 1.82) is 0 Å². The van der Waals surface area contributed by atoms with Crippen LogP contribution in [0.4, 0.5) is 4.39 Å². The molecule has 3 aromatic rings. The minimum Gasteiger partial charge on any atom is -0.334 e. The van der Waals surface area contributed by atoms with Crippen LogP contribution in [0.25, 0.3) is 11.5 Å². The lowest BCUT2D eigenvalue weighted by atomic mass is 10.2. The van der Waals surface area contributed by atoms with Crippen LogP contribution in [0.5, 0.6) is 0 Å². The van der Waals surface area contributed by atoms with Crippen molar-refractivity contribution < 1.29 is 17.3 Å². The van der Waals surface area contributed by atoms with Crippen LogP contribution in [-0.2, 0) is 15.8 Å². The molecule has 0 radical (unpaired) electrons. The summed E-state index contributed by atoms with van der Waals surface area (Å²) in [5.41, 5.74) is 0.639. The molecule has 0 amide bonds. The maximum absolute atomic E-state index is 13.0. The van der Waals surface area contributed by atoms with Gasteiger partial charge in [-0.1, -0.05) is 16.9 Å². The van der Waals surface area contributed by atoms with Crippen LogP contribution < -0.4 is 0 Å². The van der Waals surface area contributed by atoms with E-state index in [0.717, 1.165) is 12.8 Å². The SMILES string of the molecule is O=S(=O)(c1ccc(SCc2noc(-c3ccc(F)cc3)n2)nc1)N1CCCC1. The Morgan fingerprint density at radius 2 is 1.86 bits per heavy atom. The van der Waals surface area contributed by atoms with Crippen molar-refractivity contribution in [2.24, 2.45) is 0 Å². The lowest BCUT2D eigenvalue weighted by Gasteiger charge is -2.15. The van der Waals surface area contributed by atoms with Crippen molar-refractivity contribution in [3.63, 3.8) is 0 Å². The van der Waals surface area contributed by atoms with Crippen molar-refractivity contribution in [1.82, 2.24) is 19.4 Å². The second-order valence-electron chi connectivity index (χ2n) is 6.25. The van der Waals surface area contributed by atoms with Gasteiger partial charge in [0.05, 0.1) is 10.8 Å². The highest BCUT2D eigenvalue weighted by atomic mass is 32.2. The van der Waals surface area contributed by atoms with Crippen LogP contribution in [0.3, 0.4) is 0 Å². The first-order valence-corrected chi connectivity index (χ1v) is 11.1. The predicted molar refractivity (Wildman–Crippen MR) is 101 cm³/mol. The zero-order valence-electron chi connectivity index (χ0n) is 14.8. The molecule has 0 bridgehead atoms. The molecule has 0 unspecified atom stereocenters. The van der Waals surface area contributed by atoms with Gasteiger partial charge in [0.15, 0.2) is 5.82 Å². The molecule has 3 heterocycles. The van der Waals surface area contributed by atoms with Crippen LogP contribution in [-0.4, -0.2) is 40.9 Å². The molecule has 2 aromatic heterocycles. The Hall–Kier alpha value is -2.30. The van der Waals surface area contributed by atoms with E-state index >= 15 is 0 Å². The van der Waals surface area contributed by atoms with Gasteiger partial charge in [-0.05, 0) is 49.2 Å². The second kappa shape index (κ2) is 7.98. The maximum atomic E-state index is 13.0. The topological polar surface area (TPSA) is 89.2 Å². The Bertz CT molecular complexity index is 1050. The van der Waals surface area contributed by atoms with Gasteiger partial charge in [-0.3, -0.25) is 0 Å².